The van der Waals surface area contributed by atoms with Gasteiger partial charge in [-0.3, -0.25) is 4.98 Å². The van der Waals surface area contributed by atoms with Gasteiger partial charge < -0.3 is 0 Å². The molecule has 10 aromatic heterocycles. The van der Waals surface area contributed by atoms with Crippen LogP contribution in [0.2, 0.25) is 20.7 Å². The van der Waals surface area contributed by atoms with Crippen LogP contribution in [-0.4, -0.2) is 79.7 Å². The fourth-order valence-electron chi connectivity index (χ4n) is 3.19. The first-order chi connectivity index (χ1) is 35.5. The van der Waals surface area contributed by atoms with Gasteiger partial charge in [0, 0.05) is 54.3 Å². The van der Waals surface area contributed by atoms with Crippen LogP contribution in [0, 0.1) is 34.6 Å². The van der Waals surface area contributed by atoms with Crippen LogP contribution in [0.1, 0.15) is 27.2 Å². The van der Waals surface area contributed by atoms with Gasteiger partial charge in [-0.1, -0.05) is 34.8 Å². The molecule has 0 saturated carbocycles. The maximum absolute atomic E-state index is 5.49. The number of thiazole rings is 4. The molecule has 0 N–H and O–H groups in total. The molecule has 0 aliphatic carbocycles. The molecule has 398 valence electrons. The summed E-state index contributed by atoms with van der Waals surface area (Å²) in [6, 6.07) is 3.19. The summed E-state index contributed by atoms with van der Waals surface area (Å²) in [5.74, 6) is 0.799. The average molecular weight is 1820 g/mol. The summed E-state index contributed by atoms with van der Waals surface area (Å²) in [7, 11) is 0. The van der Waals surface area contributed by atoms with Crippen molar-refractivity contribution in [3.05, 3.63) is 194 Å². The molecule has 0 amide bonds. The minimum absolute atomic E-state index is 0.271. The van der Waals surface area contributed by atoms with Crippen molar-refractivity contribution in [2.75, 3.05) is 0 Å². The Morgan fingerprint density at radius 1 is 0.360 bits per heavy atom. The molecule has 10 heterocycles. The van der Waals surface area contributed by atoms with Crippen LogP contribution in [-0.2, 0) is 0 Å². The number of rotatable bonds is 0. The van der Waals surface area contributed by atoms with Crippen molar-refractivity contribution in [3.8, 4) is 0 Å². The van der Waals surface area contributed by atoms with E-state index in [0.717, 1.165) is 69.2 Å². The fourth-order valence-corrected chi connectivity index (χ4v) is 10.5. The van der Waals surface area contributed by atoms with Crippen LogP contribution in [0.4, 0.5) is 0 Å². The molecule has 0 bridgehead atoms. The van der Waals surface area contributed by atoms with Crippen LogP contribution < -0.4 is 0 Å². The number of nitrogens with zero attached hydrogens (tertiary/aromatic N) is 16. The summed E-state index contributed by atoms with van der Waals surface area (Å²) < 4.78 is 9.16. The normalized spacial score (nSPS) is 9.27. The third kappa shape index (κ3) is 42.5. The van der Waals surface area contributed by atoms with Crippen molar-refractivity contribution >= 4 is 251 Å². The molecule has 0 radical (unpaired) electrons. The Labute approximate surface area is 552 Å². The molecule has 0 spiro atoms. The van der Waals surface area contributed by atoms with Crippen molar-refractivity contribution in [1.29, 1.82) is 0 Å². The fraction of sp³-hybridized carbons (Fsp3) is 0.122. The predicted molar refractivity (Wildman–Crippen MR) is 341 cm³/mol. The highest BCUT2D eigenvalue weighted by Gasteiger charge is 1.93. The second-order valence-electron chi connectivity index (χ2n) is 12.0. The first-order valence-corrected chi connectivity index (χ1v) is 32.0. The van der Waals surface area contributed by atoms with E-state index in [2.05, 4.69) is 239 Å². The maximum Gasteiger partial charge on any atom is 0.222 e. The monoisotopic (exact) mass is 1810 g/mol. The van der Waals surface area contributed by atoms with Gasteiger partial charge in [0.2, 0.25) is 5.28 Å². The Bertz CT molecular complexity index is 2550. The molecular weight excluding hydrogens is 1790 g/mol. The minimum atomic E-state index is 0.271. The quantitative estimate of drug-likeness (QED) is 0.102. The van der Waals surface area contributed by atoms with Gasteiger partial charge in [0.25, 0.3) is 0 Å². The lowest BCUT2D eigenvalue weighted by molar-refractivity contribution is 1.04. The van der Waals surface area contributed by atoms with Gasteiger partial charge in [0.1, 0.15) is 47.7 Å². The molecule has 75 heavy (non-hydrogen) atoms. The topological polar surface area (TPSA) is 206 Å². The van der Waals surface area contributed by atoms with Crippen LogP contribution in [0.3, 0.4) is 0 Å². The van der Waals surface area contributed by atoms with E-state index in [0.29, 0.717) is 15.5 Å². The van der Waals surface area contributed by atoms with E-state index >= 15 is 0 Å². The SMILES string of the molecule is Brc1cnc(Br)cn1.Brc1cnc(Br)s1.Brc1nccs1.Cc1cc(Cl)ncn1.Cc1cnc(Br)cn1.Cc1ncc(Br)cn1.Cc1ncc(Br)s1.Cc1ncc(Br)s1.Clc1cc(Cl)ncn1.Clc1ncc(Br)cn1. The smallest absolute Gasteiger partial charge is 0.222 e. The molecule has 0 unspecified atom stereocenters. The highest BCUT2D eigenvalue weighted by Crippen LogP contribution is 2.23. The van der Waals surface area contributed by atoms with Crippen molar-refractivity contribution in [1.82, 2.24) is 79.7 Å². The molecular formula is C41H32Br10Cl4N16S4. The number of aryl methyl sites for hydroxylation is 5. The van der Waals surface area contributed by atoms with E-state index in [1.807, 2.05) is 40.0 Å². The molecule has 10 rings (SSSR count). The van der Waals surface area contributed by atoms with E-state index in [1.165, 1.54) is 18.7 Å². The van der Waals surface area contributed by atoms with Crippen LogP contribution in [0.15, 0.2) is 146 Å². The van der Waals surface area contributed by atoms with E-state index < -0.39 is 0 Å². The standard InChI is InChI=1S/2C5H5BrN2.C5H5ClN2.C4H2Br2N2.C4H2BrClN2.2C4H4BrNS.C4H2Cl2N2.C3HBr2NS.C3H2BrNS/c1-4-7-2-5(6)3-8-4;1-4-2-8-5(6)3-7-4;1-4-2-5(6)8-3-7-4;5-3-1-7-4(6)2-8-3;5-3-1-7-4(6)8-2-3;2*1-3-6-2-4(5)7-3;5-3-1-4(6)8-2-7-3;4-2-1-6-3(5)7-2;4-3-5-1-2-6-3/h3*2-3H,1H3;2*1-2H;2*2H,1H3;1-2H;1H;1-2H. The van der Waals surface area contributed by atoms with E-state index in [1.54, 1.807) is 126 Å². The summed E-state index contributed by atoms with van der Waals surface area (Å²) in [6.07, 6.45) is 23.2. The van der Waals surface area contributed by atoms with Gasteiger partial charge >= 0.3 is 0 Å². The highest BCUT2D eigenvalue weighted by atomic mass is 79.9. The molecule has 16 nitrogen and oxygen atoms in total. The van der Waals surface area contributed by atoms with E-state index in [9.17, 15) is 0 Å². The molecule has 34 heteroatoms. The predicted octanol–water partition coefficient (Wildman–Crippen LogP) is 19.2. The van der Waals surface area contributed by atoms with Crippen LogP contribution in [0.5, 0.6) is 0 Å². The van der Waals surface area contributed by atoms with Crippen molar-refractivity contribution < 1.29 is 0 Å². The summed E-state index contributed by atoms with van der Waals surface area (Å²) >= 11 is 60.2. The largest absolute Gasteiger partial charge is 0.257 e. The number of aromatic nitrogens is 16. The summed E-state index contributed by atoms with van der Waals surface area (Å²) in [6.45, 7) is 9.59. The molecule has 0 aliphatic rings. The molecule has 0 saturated heterocycles. The van der Waals surface area contributed by atoms with Crippen LogP contribution in [0.25, 0.3) is 0 Å². The van der Waals surface area contributed by atoms with Crippen LogP contribution >= 0.6 is 251 Å². The van der Waals surface area contributed by atoms with Gasteiger partial charge in [-0.15, -0.1) is 45.3 Å². The lowest BCUT2D eigenvalue weighted by Gasteiger charge is -1.87. The first kappa shape index (κ1) is 72.0. The van der Waals surface area contributed by atoms with Gasteiger partial charge in [-0.2, -0.15) is 0 Å². The van der Waals surface area contributed by atoms with Gasteiger partial charge in [0.15, 0.2) is 7.83 Å². The second-order valence-corrected chi connectivity index (χ2v) is 28.8. The minimum Gasteiger partial charge on any atom is -0.257 e. The second kappa shape index (κ2) is 43.7. The Kier molecular flexibility index (Phi) is 42.0. The van der Waals surface area contributed by atoms with Crippen molar-refractivity contribution in [2.45, 2.75) is 34.6 Å². The number of hydrogen-bond acceptors (Lipinski definition) is 20. The lowest BCUT2D eigenvalue weighted by atomic mass is 10.5. The molecule has 10 aromatic rings. The molecule has 0 fully saturated rings. The Hall–Kier alpha value is -1.04. The summed E-state index contributed by atoms with van der Waals surface area (Å²) in [4.78, 5) is 61.4. The first-order valence-electron chi connectivity index (χ1n) is 19.2. The highest BCUT2D eigenvalue weighted by molar-refractivity contribution is 9.12. The van der Waals surface area contributed by atoms with Gasteiger partial charge in [-0.25, -0.2) is 74.8 Å². The third-order valence-electron chi connectivity index (χ3n) is 6.08. The third-order valence-corrected chi connectivity index (χ3v) is 15.0. The van der Waals surface area contributed by atoms with Gasteiger partial charge in [-0.05, 0) is 212 Å². The maximum atomic E-state index is 5.49. The van der Waals surface area contributed by atoms with Crippen molar-refractivity contribution in [2.24, 2.45) is 0 Å². The molecule has 0 atom stereocenters. The summed E-state index contributed by atoms with van der Waals surface area (Å²) in [5.41, 5.74) is 1.83. The van der Waals surface area contributed by atoms with Gasteiger partial charge in [0.05, 0.1) is 73.2 Å². The Balaban J connectivity index is 0.000000417. The lowest BCUT2D eigenvalue weighted by Crippen LogP contribution is -1.82. The zero-order valence-electron chi connectivity index (χ0n) is 38.4. The Morgan fingerprint density at radius 3 is 1.00 bits per heavy atom. The molecule has 0 aliphatic heterocycles. The number of halogens is 14. The average Bonchev–Trinajstić information content (AvgIpc) is 4.19. The van der Waals surface area contributed by atoms with E-state index in [-0.39, 0.29) is 5.28 Å². The number of hydrogen-bond donors (Lipinski definition) is 0. The zero-order chi connectivity index (χ0) is 56.1. The molecule has 0 aromatic carbocycles. The zero-order valence-corrected chi connectivity index (χ0v) is 60.5. The van der Waals surface area contributed by atoms with Crippen molar-refractivity contribution in [3.63, 3.8) is 0 Å². The summed E-state index contributed by atoms with van der Waals surface area (Å²) in [5, 5.41) is 5.63. The van der Waals surface area contributed by atoms with E-state index in [4.69, 9.17) is 46.4 Å². The Morgan fingerprint density at radius 2 is 0.787 bits per heavy atom.